The number of pyridine rings is 1. The fraction of sp³-hybridized carbons (Fsp3) is 0.310. The van der Waals surface area contributed by atoms with Crippen LogP contribution in [0.25, 0.3) is 10.8 Å². The van der Waals surface area contributed by atoms with Crippen LogP contribution in [-0.4, -0.2) is 47.6 Å². The van der Waals surface area contributed by atoms with E-state index < -0.39 is 0 Å². The van der Waals surface area contributed by atoms with E-state index in [0.717, 1.165) is 22.8 Å². The Morgan fingerprint density at radius 2 is 2.03 bits per heavy atom. The van der Waals surface area contributed by atoms with Crippen LogP contribution in [0.2, 0.25) is 0 Å². The van der Waals surface area contributed by atoms with Gasteiger partial charge in [-0.2, -0.15) is 0 Å². The molecule has 0 fully saturated rings. The lowest BCUT2D eigenvalue weighted by Gasteiger charge is -2.29. The summed E-state index contributed by atoms with van der Waals surface area (Å²) in [5.74, 6) is 0.483. The molecule has 1 aliphatic carbocycles. The molecule has 7 nitrogen and oxygen atoms in total. The maximum absolute atomic E-state index is 13.5. The predicted molar refractivity (Wildman–Crippen MR) is 144 cm³/mol. The van der Waals surface area contributed by atoms with E-state index in [0.29, 0.717) is 42.1 Å². The van der Waals surface area contributed by atoms with Gasteiger partial charge in [-0.1, -0.05) is 44.7 Å². The number of rotatable bonds is 9. The maximum atomic E-state index is 13.5. The lowest BCUT2D eigenvalue weighted by atomic mass is 9.89. The van der Waals surface area contributed by atoms with Crippen molar-refractivity contribution in [1.29, 1.82) is 0 Å². The molecule has 0 saturated carbocycles. The Kier molecular flexibility index (Phi) is 7.78. The topological polar surface area (TPSA) is 83.9 Å². The average molecular weight is 485 g/mol. The Bertz CT molecular complexity index is 1310. The van der Waals surface area contributed by atoms with Gasteiger partial charge >= 0.3 is 0 Å². The standard InChI is InChI=1S/C29H32N4O3/c1-5-30-18-33(4)17-26(19(2)3)36-25-14-13-22-23(11-8-12-24(22)34)27(25)32-29(35)28-21-10-7-6-9-20(21)15-16-31-28/h5-7,9-10,13-16,18-19,26H,1,8,11-12,17H2,2-4H3,(H,32,35). The van der Waals surface area contributed by atoms with E-state index in [-0.39, 0.29) is 23.7 Å². The van der Waals surface area contributed by atoms with Gasteiger partial charge in [0.25, 0.3) is 5.91 Å². The van der Waals surface area contributed by atoms with Crippen LogP contribution in [0, 0.1) is 5.92 Å². The molecule has 1 unspecified atom stereocenters. The van der Waals surface area contributed by atoms with E-state index in [1.54, 1.807) is 18.6 Å². The highest BCUT2D eigenvalue weighted by Crippen LogP contribution is 2.37. The van der Waals surface area contributed by atoms with E-state index in [1.165, 1.54) is 6.20 Å². The largest absolute Gasteiger partial charge is 0.486 e. The summed E-state index contributed by atoms with van der Waals surface area (Å²) in [5.41, 5.74) is 2.35. The minimum atomic E-state index is -0.334. The monoisotopic (exact) mass is 484 g/mol. The van der Waals surface area contributed by atoms with Crippen molar-refractivity contribution in [2.45, 2.75) is 39.2 Å². The van der Waals surface area contributed by atoms with E-state index in [4.69, 9.17) is 4.74 Å². The van der Waals surface area contributed by atoms with Gasteiger partial charge < -0.3 is 15.0 Å². The fourth-order valence-electron chi connectivity index (χ4n) is 4.46. The Morgan fingerprint density at radius 1 is 1.22 bits per heavy atom. The molecule has 0 bridgehead atoms. The van der Waals surface area contributed by atoms with Gasteiger partial charge in [0.05, 0.1) is 18.6 Å². The van der Waals surface area contributed by atoms with Crippen LogP contribution < -0.4 is 10.1 Å². The van der Waals surface area contributed by atoms with Gasteiger partial charge in [0, 0.05) is 36.8 Å². The summed E-state index contributed by atoms with van der Waals surface area (Å²) >= 11 is 0. The first kappa shape index (κ1) is 25.1. The average Bonchev–Trinajstić information content (AvgIpc) is 2.88. The van der Waals surface area contributed by atoms with Crippen molar-refractivity contribution in [3.05, 3.63) is 78.3 Å². The second kappa shape index (κ2) is 11.2. The Balaban J connectivity index is 1.71. The van der Waals surface area contributed by atoms with Gasteiger partial charge in [-0.15, -0.1) is 0 Å². The molecule has 1 N–H and O–H groups in total. The number of aromatic nitrogens is 1. The molecule has 3 aromatic rings. The number of benzene rings is 2. The molecule has 2 aromatic carbocycles. The third kappa shape index (κ3) is 5.46. The molecule has 0 spiro atoms. The van der Waals surface area contributed by atoms with Gasteiger partial charge in [0.2, 0.25) is 0 Å². The van der Waals surface area contributed by atoms with E-state index in [1.807, 2.05) is 48.3 Å². The van der Waals surface area contributed by atoms with E-state index in [9.17, 15) is 9.59 Å². The van der Waals surface area contributed by atoms with Crippen molar-refractivity contribution in [3.8, 4) is 5.75 Å². The van der Waals surface area contributed by atoms with E-state index in [2.05, 4.69) is 35.7 Å². The minimum absolute atomic E-state index is 0.0855. The van der Waals surface area contributed by atoms with Crippen LogP contribution in [0.5, 0.6) is 5.75 Å². The van der Waals surface area contributed by atoms with Crippen molar-refractivity contribution in [1.82, 2.24) is 9.88 Å². The number of amides is 1. The number of hydrogen-bond acceptors (Lipinski definition) is 5. The number of Topliss-reactive ketones (excluding diaryl/α,β-unsaturated/α-hetero) is 1. The zero-order valence-electron chi connectivity index (χ0n) is 21.0. The van der Waals surface area contributed by atoms with Crippen molar-refractivity contribution >= 4 is 34.5 Å². The van der Waals surface area contributed by atoms with Crippen molar-refractivity contribution < 1.29 is 14.3 Å². The van der Waals surface area contributed by atoms with Gasteiger partial charge in [-0.3, -0.25) is 14.6 Å². The molecule has 0 aliphatic heterocycles. The SMILES string of the molecule is C=CN=CN(C)CC(Oc1ccc2c(c1NC(=O)c1nccc3ccccc13)CCCC2=O)C(C)C. The highest BCUT2D eigenvalue weighted by atomic mass is 16.5. The van der Waals surface area contributed by atoms with Crippen molar-refractivity contribution in [3.63, 3.8) is 0 Å². The van der Waals surface area contributed by atoms with Crippen LogP contribution >= 0.6 is 0 Å². The minimum Gasteiger partial charge on any atom is -0.486 e. The Hall–Kier alpha value is -4.00. The molecule has 186 valence electrons. The number of carbonyl (C=O) groups is 2. The van der Waals surface area contributed by atoms with Gasteiger partial charge in [0.1, 0.15) is 17.5 Å². The molecule has 1 amide bonds. The molecule has 1 aromatic heterocycles. The first-order valence-electron chi connectivity index (χ1n) is 12.2. The summed E-state index contributed by atoms with van der Waals surface area (Å²) in [7, 11) is 1.92. The molecule has 7 heteroatoms. The number of carbonyl (C=O) groups excluding carboxylic acids is 2. The first-order valence-corrected chi connectivity index (χ1v) is 12.2. The predicted octanol–water partition coefficient (Wildman–Crippen LogP) is 5.51. The summed E-state index contributed by atoms with van der Waals surface area (Å²) in [6.07, 6.45) is 6.56. The third-order valence-electron chi connectivity index (χ3n) is 6.39. The maximum Gasteiger partial charge on any atom is 0.275 e. The summed E-state index contributed by atoms with van der Waals surface area (Å²) in [6.45, 7) is 8.38. The van der Waals surface area contributed by atoms with Gasteiger partial charge in [-0.05, 0) is 47.9 Å². The second-order valence-electron chi connectivity index (χ2n) is 9.36. The number of anilines is 1. The van der Waals surface area contributed by atoms with Crippen LogP contribution in [0.15, 0.2) is 66.4 Å². The van der Waals surface area contributed by atoms with Crippen molar-refractivity contribution in [2.75, 3.05) is 18.9 Å². The zero-order chi connectivity index (χ0) is 25.7. The fourth-order valence-corrected chi connectivity index (χ4v) is 4.46. The molecule has 1 atom stereocenters. The molecule has 0 saturated heterocycles. The van der Waals surface area contributed by atoms with Crippen molar-refractivity contribution in [2.24, 2.45) is 10.9 Å². The quantitative estimate of drug-likeness (QED) is 0.320. The molecule has 1 aliphatic rings. The number of nitrogens with one attached hydrogen (secondary N) is 1. The van der Waals surface area contributed by atoms with Gasteiger partial charge in [-0.25, -0.2) is 4.99 Å². The second-order valence-corrected chi connectivity index (χ2v) is 9.36. The highest BCUT2D eigenvalue weighted by molar-refractivity contribution is 6.13. The van der Waals surface area contributed by atoms with Crippen LogP contribution in [-0.2, 0) is 6.42 Å². The van der Waals surface area contributed by atoms with Gasteiger partial charge in [0.15, 0.2) is 5.78 Å². The molecular weight excluding hydrogens is 452 g/mol. The normalized spacial score (nSPS) is 14.1. The summed E-state index contributed by atoms with van der Waals surface area (Å²) in [6, 6.07) is 13.1. The number of fused-ring (bicyclic) bond motifs is 2. The number of ketones is 1. The lowest BCUT2D eigenvalue weighted by Crippen LogP contribution is -2.36. The molecule has 36 heavy (non-hydrogen) atoms. The lowest BCUT2D eigenvalue weighted by molar-refractivity contribution is 0.0968. The summed E-state index contributed by atoms with van der Waals surface area (Å²) < 4.78 is 6.51. The number of aliphatic imine (C=N–C) groups is 1. The third-order valence-corrected chi connectivity index (χ3v) is 6.39. The van der Waals surface area contributed by atoms with Crippen LogP contribution in [0.3, 0.4) is 0 Å². The smallest absolute Gasteiger partial charge is 0.275 e. The zero-order valence-corrected chi connectivity index (χ0v) is 21.0. The molecule has 0 radical (unpaired) electrons. The first-order chi connectivity index (χ1) is 17.4. The summed E-state index contributed by atoms with van der Waals surface area (Å²) in [4.78, 5) is 36.6. The Labute approximate surface area is 211 Å². The molecular formula is C29H32N4O3. The molecule has 4 rings (SSSR count). The number of likely N-dealkylation sites (N-methyl/N-ethyl adjacent to an activating group) is 1. The Morgan fingerprint density at radius 3 is 2.81 bits per heavy atom. The number of nitrogens with zero attached hydrogens (tertiary/aromatic N) is 3. The van der Waals surface area contributed by atoms with Crippen LogP contribution in [0.4, 0.5) is 5.69 Å². The van der Waals surface area contributed by atoms with E-state index >= 15 is 0 Å². The van der Waals surface area contributed by atoms with Crippen LogP contribution in [0.1, 0.15) is 53.1 Å². The highest BCUT2D eigenvalue weighted by Gasteiger charge is 2.27. The molecule has 1 heterocycles. The summed E-state index contributed by atoms with van der Waals surface area (Å²) in [5, 5.41) is 4.77. The number of hydrogen-bond donors (Lipinski definition) is 1. The number of ether oxygens (including phenoxy) is 1.